The number of carbonyl (C=O) groups is 1. The Bertz CT molecular complexity index is 1080. The first-order valence-electron chi connectivity index (χ1n) is 9.66. The predicted octanol–water partition coefficient (Wildman–Crippen LogP) is 5.96. The van der Waals surface area contributed by atoms with Crippen LogP contribution in [0.15, 0.2) is 80.6 Å². The number of nitrogens with zero attached hydrogens (tertiary/aromatic N) is 2. The highest BCUT2D eigenvalue weighted by Crippen LogP contribution is 2.45. The molecule has 0 saturated heterocycles. The van der Waals surface area contributed by atoms with Crippen LogP contribution in [0.2, 0.25) is 5.02 Å². The van der Waals surface area contributed by atoms with Crippen LogP contribution in [-0.2, 0) is 0 Å². The quantitative estimate of drug-likeness (QED) is 0.539. The van der Waals surface area contributed by atoms with E-state index in [2.05, 4.69) is 0 Å². The van der Waals surface area contributed by atoms with Crippen molar-refractivity contribution in [1.82, 2.24) is 5.01 Å². The molecule has 3 heterocycles. The van der Waals surface area contributed by atoms with E-state index in [1.165, 1.54) is 0 Å². The summed E-state index contributed by atoms with van der Waals surface area (Å²) in [6, 6.07) is 14.2. The lowest BCUT2D eigenvalue weighted by Crippen LogP contribution is -2.31. The highest BCUT2D eigenvalue weighted by atomic mass is 35.5. The summed E-state index contributed by atoms with van der Waals surface area (Å²) < 4.78 is 11.2. The average molecular weight is 407 g/mol. The third kappa shape index (κ3) is 3.32. The minimum Gasteiger partial charge on any atom is -0.467 e. The molecule has 5 rings (SSSR count). The SMILES string of the molecule is O=C(c1cccc(Cl)c1)N1N=C2/C(=C\c3ccco3)CCC[C@@H]2[C@H]1c1ccco1. The monoisotopic (exact) mass is 406 g/mol. The van der Waals surface area contributed by atoms with Crippen LogP contribution >= 0.6 is 11.6 Å². The molecule has 0 bridgehead atoms. The smallest absolute Gasteiger partial charge is 0.274 e. The highest BCUT2D eigenvalue weighted by Gasteiger charge is 2.45. The number of benzene rings is 1. The summed E-state index contributed by atoms with van der Waals surface area (Å²) in [7, 11) is 0. The fourth-order valence-corrected chi connectivity index (χ4v) is 4.40. The molecular weight excluding hydrogens is 388 g/mol. The molecule has 0 radical (unpaired) electrons. The number of halogens is 1. The highest BCUT2D eigenvalue weighted by molar-refractivity contribution is 6.31. The molecule has 1 amide bonds. The van der Waals surface area contributed by atoms with Crippen LogP contribution in [-0.4, -0.2) is 16.6 Å². The first-order chi connectivity index (χ1) is 14.2. The second kappa shape index (κ2) is 7.41. The summed E-state index contributed by atoms with van der Waals surface area (Å²) in [6.07, 6.45) is 8.19. The van der Waals surface area contributed by atoms with Crippen LogP contribution in [0.3, 0.4) is 0 Å². The van der Waals surface area contributed by atoms with E-state index in [0.717, 1.165) is 42.1 Å². The largest absolute Gasteiger partial charge is 0.467 e. The van der Waals surface area contributed by atoms with Crippen LogP contribution < -0.4 is 0 Å². The summed E-state index contributed by atoms with van der Waals surface area (Å²) in [5, 5.41) is 6.89. The Balaban J connectivity index is 1.57. The summed E-state index contributed by atoms with van der Waals surface area (Å²) in [5.74, 6) is 1.42. The van der Waals surface area contributed by atoms with Crippen LogP contribution in [0.5, 0.6) is 0 Å². The van der Waals surface area contributed by atoms with E-state index in [1.807, 2.05) is 30.3 Å². The molecule has 0 N–H and O–H groups in total. The molecule has 1 aromatic carbocycles. The molecular formula is C23H19ClN2O3. The second-order valence-corrected chi connectivity index (χ2v) is 7.73. The normalized spacial score (nSPS) is 22.6. The van der Waals surface area contributed by atoms with E-state index < -0.39 is 0 Å². The lowest BCUT2D eigenvalue weighted by atomic mass is 9.79. The minimum absolute atomic E-state index is 0.0826. The van der Waals surface area contributed by atoms with Gasteiger partial charge < -0.3 is 8.83 Å². The van der Waals surface area contributed by atoms with Gasteiger partial charge in [0.1, 0.15) is 17.6 Å². The van der Waals surface area contributed by atoms with Gasteiger partial charge in [0.15, 0.2) is 0 Å². The first kappa shape index (κ1) is 18.0. The van der Waals surface area contributed by atoms with Gasteiger partial charge in [-0.3, -0.25) is 4.79 Å². The number of allylic oxidation sites excluding steroid dienone is 1. The Morgan fingerprint density at radius 1 is 1.14 bits per heavy atom. The van der Waals surface area contributed by atoms with Crippen LogP contribution in [0.1, 0.15) is 47.2 Å². The van der Waals surface area contributed by atoms with Crippen molar-refractivity contribution in [2.75, 3.05) is 0 Å². The van der Waals surface area contributed by atoms with Gasteiger partial charge in [-0.25, -0.2) is 5.01 Å². The van der Waals surface area contributed by atoms with Gasteiger partial charge >= 0.3 is 0 Å². The summed E-state index contributed by atoms with van der Waals surface area (Å²) in [5.41, 5.74) is 2.55. The number of furan rings is 2. The van der Waals surface area contributed by atoms with Gasteiger partial charge in [-0.1, -0.05) is 17.7 Å². The molecule has 146 valence electrons. The fraction of sp³-hybridized carbons (Fsp3) is 0.217. The fourth-order valence-electron chi connectivity index (χ4n) is 4.20. The number of hydrazone groups is 1. The van der Waals surface area contributed by atoms with Crippen LogP contribution in [0.25, 0.3) is 6.08 Å². The number of fused-ring (bicyclic) bond motifs is 1. The topological polar surface area (TPSA) is 59.0 Å². The Morgan fingerprint density at radius 3 is 2.76 bits per heavy atom. The minimum atomic E-state index is -0.271. The summed E-state index contributed by atoms with van der Waals surface area (Å²) >= 11 is 6.11. The van der Waals surface area contributed by atoms with E-state index in [-0.39, 0.29) is 17.9 Å². The molecule has 1 aliphatic heterocycles. The lowest BCUT2D eigenvalue weighted by molar-refractivity contribution is 0.0656. The summed E-state index contributed by atoms with van der Waals surface area (Å²) in [6.45, 7) is 0. The Morgan fingerprint density at radius 2 is 2.00 bits per heavy atom. The number of hydrogen-bond acceptors (Lipinski definition) is 4. The zero-order chi connectivity index (χ0) is 19.8. The molecule has 2 aromatic heterocycles. The van der Waals surface area contributed by atoms with E-state index in [1.54, 1.807) is 41.8 Å². The molecule has 1 aliphatic carbocycles. The van der Waals surface area contributed by atoms with Crippen molar-refractivity contribution in [3.63, 3.8) is 0 Å². The zero-order valence-corrected chi connectivity index (χ0v) is 16.4. The van der Waals surface area contributed by atoms with E-state index in [9.17, 15) is 4.79 Å². The number of carbonyl (C=O) groups excluding carboxylic acids is 1. The van der Waals surface area contributed by atoms with Crippen molar-refractivity contribution in [3.8, 4) is 0 Å². The number of hydrogen-bond donors (Lipinski definition) is 0. The molecule has 3 aromatic rings. The Kier molecular flexibility index (Phi) is 4.60. The van der Waals surface area contributed by atoms with Gasteiger partial charge in [0, 0.05) is 16.5 Å². The molecule has 5 nitrogen and oxygen atoms in total. The standard InChI is InChI=1S/C23H19ClN2O3/c24-17-7-1-6-16(13-17)23(27)26-22(20-10-4-12-29-20)19-9-2-5-15(21(19)25-26)14-18-8-3-11-28-18/h1,3-4,6-8,10-14,19,22H,2,5,9H2/b15-14-/t19-,22-/m0/s1. The number of amides is 1. The van der Waals surface area contributed by atoms with Crippen LogP contribution in [0.4, 0.5) is 0 Å². The molecule has 1 saturated carbocycles. The van der Waals surface area contributed by atoms with Gasteiger partial charge in [-0.2, -0.15) is 5.10 Å². The van der Waals surface area contributed by atoms with Crippen molar-refractivity contribution < 1.29 is 13.6 Å². The average Bonchev–Trinajstić information content (AvgIpc) is 3.48. The van der Waals surface area contributed by atoms with Gasteiger partial charge in [0.2, 0.25) is 0 Å². The van der Waals surface area contributed by atoms with Crippen LogP contribution in [0, 0.1) is 5.92 Å². The third-order valence-corrected chi connectivity index (χ3v) is 5.71. The third-order valence-electron chi connectivity index (χ3n) is 5.48. The zero-order valence-electron chi connectivity index (χ0n) is 15.6. The van der Waals surface area contributed by atoms with Gasteiger partial charge in [-0.15, -0.1) is 0 Å². The van der Waals surface area contributed by atoms with Gasteiger partial charge in [-0.05, 0) is 73.4 Å². The second-order valence-electron chi connectivity index (χ2n) is 7.29. The predicted molar refractivity (Wildman–Crippen MR) is 111 cm³/mol. The molecule has 1 fully saturated rings. The molecule has 0 spiro atoms. The van der Waals surface area contributed by atoms with E-state index >= 15 is 0 Å². The van der Waals surface area contributed by atoms with E-state index in [0.29, 0.717) is 10.6 Å². The lowest BCUT2D eigenvalue weighted by Gasteiger charge is -2.27. The van der Waals surface area contributed by atoms with Gasteiger partial charge in [0.05, 0.1) is 18.2 Å². The maximum atomic E-state index is 13.4. The van der Waals surface area contributed by atoms with Crippen molar-refractivity contribution in [2.45, 2.75) is 25.3 Å². The Labute approximate surface area is 173 Å². The Hall–Kier alpha value is -3.05. The van der Waals surface area contributed by atoms with Gasteiger partial charge in [0.25, 0.3) is 5.91 Å². The van der Waals surface area contributed by atoms with Crippen molar-refractivity contribution in [1.29, 1.82) is 0 Å². The first-order valence-corrected chi connectivity index (χ1v) is 10.0. The molecule has 6 heteroatoms. The van der Waals surface area contributed by atoms with E-state index in [4.69, 9.17) is 25.5 Å². The van der Waals surface area contributed by atoms with Crippen molar-refractivity contribution >= 4 is 29.3 Å². The summed E-state index contributed by atoms with van der Waals surface area (Å²) in [4.78, 5) is 13.4. The molecule has 2 aliphatic rings. The maximum Gasteiger partial charge on any atom is 0.274 e. The molecule has 2 atom stereocenters. The van der Waals surface area contributed by atoms with Crippen molar-refractivity contribution in [2.24, 2.45) is 11.0 Å². The van der Waals surface area contributed by atoms with Crippen molar-refractivity contribution in [3.05, 3.63) is 88.7 Å². The molecule has 29 heavy (non-hydrogen) atoms. The number of rotatable bonds is 3. The maximum absolute atomic E-state index is 13.4. The molecule has 0 unspecified atom stereocenters.